The predicted octanol–water partition coefficient (Wildman–Crippen LogP) is 1.67. The van der Waals surface area contributed by atoms with Crippen LogP contribution in [0.25, 0.3) is 22.2 Å². The number of fused-ring (bicyclic) bond motifs is 3. The number of alkyl halides is 1. The molecule has 48 heavy (non-hydrogen) atoms. The van der Waals surface area contributed by atoms with Crippen LogP contribution >= 0.6 is 14.2 Å². The van der Waals surface area contributed by atoms with Gasteiger partial charge in [0.15, 0.2) is 35.7 Å². The van der Waals surface area contributed by atoms with E-state index in [4.69, 9.17) is 62.5 Å². The molecule has 23 heteroatoms. The number of hydrogen-bond acceptors (Lipinski definition) is 16. The van der Waals surface area contributed by atoms with Crippen molar-refractivity contribution in [3.63, 3.8) is 0 Å². The summed E-state index contributed by atoms with van der Waals surface area (Å²) in [5.74, 6) is 0.0777. The lowest BCUT2D eigenvalue weighted by atomic mass is 10.1. The first-order chi connectivity index (χ1) is 23.0. The summed E-state index contributed by atoms with van der Waals surface area (Å²) in [6.07, 6.45) is -4.71. The third-order valence-electron chi connectivity index (χ3n) is 8.64. The Kier molecular flexibility index (Phi) is 8.32. The van der Waals surface area contributed by atoms with E-state index in [0.717, 1.165) is 29.7 Å². The van der Waals surface area contributed by atoms with Gasteiger partial charge in [-0.25, -0.2) is 29.0 Å². The van der Waals surface area contributed by atoms with Crippen molar-refractivity contribution in [3.8, 4) is 0 Å². The first kappa shape index (κ1) is 32.5. The third kappa shape index (κ3) is 5.64. The van der Waals surface area contributed by atoms with Gasteiger partial charge in [-0.1, -0.05) is 0 Å². The van der Waals surface area contributed by atoms with E-state index >= 15 is 4.39 Å². The smallest absolute Gasteiger partial charge is 0.325 e. The summed E-state index contributed by atoms with van der Waals surface area (Å²) in [7, 11) is 2.93. The number of aromatic nitrogens is 7. The normalized spacial score (nSPS) is 37.3. The molecule has 10 atom stereocenters. The second kappa shape index (κ2) is 12.3. The fraction of sp³-hybridized carbons (Fsp3) is 0.560. The molecule has 18 nitrogen and oxygen atoms in total. The highest BCUT2D eigenvalue weighted by molar-refractivity contribution is 8.07. The summed E-state index contributed by atoms with van der Waals surface area (Å²) < 4.78 is 73.4. The molecule has 0 bridgehead atoms. The zero-order valence-electron chi connectivity index (χ0n) is 25.1. The molecule has 8 rings (SSSR count). The van der Waals surface area contributed by atoms with Crippen LogP contribution in [0.4, 0.5) is 15.9 Å². The topological polar surface area (TPSA) is 214 Å². The van der Waals surface area contributed by atoms with Gasteiger partial charge in [0, 0.05) is 25.5 Å². The molecule has 4 aromatic rings. The lowest BCUT2D eigenvalue weighted by Crippen LogP contribution is -2.39. The molecule has 4 N–H and O–H groups in total. The zero-order valence-corrected chi connectivity index (χ0v) is 27.7. The van der Waals surface area contributed by atoms with Crippen LogP contribution in [0.3, 0.4) is 0 Å². The predicted molar refractivity (Wildman–Crippen MR) is 169 cm³/mol. The van der Waals surface area contributed by atoms with Crippen LogP contribution in [0.15, 0.2) is 24.9 Å². The fourth-order valence-electron chi connectivity index (χ4n) is 6.50. The molecular formula is C25H29BFN9O9P2S. The van der Waals surface area contributed by atoms with Crippen molar-refractivity contribution in [2.24, 2.45) is 0 Å². The molecule has 254 valence electrons. The molecule has 0 spiro atoms. The molecule has 4 aromatic heterocycles. The van der Waals surface area contributed by atoms with Gasteiger partial charge < -0.3 is 43.7 Å². The van der Waals surface area contributed by atoms with E-state index in [1.807, 2.05) is 6.07 Å². The number of imidazole rings is 1. The number of pyridine rings is 1. The summed E-state index contributed by atoms with van der Waals surface area (Å²) in [4.78, 5) is 28.0. The number of nitrogens with two attached hydrogens (primary N) is 1. The SMILES string of the molecule is [B]P1(=O)OC[C@H]2O[C@@H](n3nc4c5c(ccnc53)NCCC4)[C@@H](OC)C2OP(O)(=S)OC[C@H]2O[C@@H](n3cnc4c(N)ncnc43)C(F)[C@H]2O1. The molecular weight excluding hydrogens is 694 g/mol. The number of nitrogens with one attached hydrogen (secondary N) is 1. The molecule has 4 unspecified atom stereocenters. The van der Waals surface area contributed by atoms with Crippen molar-refractivity contribution in [3.05, 3.63) is 30.6 Å². The van der Waals surface area contributed by atoms with Gasteiger partial charge in [-0.05, 0) is 30.7 Å². The lowest BCUT2D eigenvalue weighted by Gasteiger charge is -2.30. The molecule has 2 radical (unpaired) electrons. The van der Waals surface area contributed by atoms with Crippen LogP contribution in [-0.4, -0.2) is 110 Å². The molecule has 4 aliphatic heterocycles. The number of nitrogen functional groups attached to an aromatic ring is 1. The van der Waals surface area contributed by atoms with Gasteiger partial charge in [-0.2, -0.15) is 5.10 Å². The summed E-state index contributed by atoms with van der Waals surface area (Å²) in [5.41, 5.74) is 8.52. The van der Waals surface area contributed by atoms with Crippen LogP contribution in [0.5, 0.6) is 0 Å². The highest BCUT2D eigenvalue weighted by atomic mass is 32.5. The lowest BCUT2D eigenvalue weighted by molar-refractivity contribution is -0.0643. The van der Waals surface area contributed by atoms with Crippen molar-refractivity contribution >= 4 is 67.3 Å². The number of aryl methyl sites for hydroxylation is 1. The Morgan fingerprint density at radius 3 is 2.75 bits per heavy atom. The average molecular weight is 723 g/mol. The van der Waals surface area contributed by atoms with Gasteiger partial charge in [0.05, 0.1) is 30.6 Å². The third-order valence-corrected chi connectivity index (χ3v) is 11.2. The van der Waals surface area contributed by atoms with Gasteiger partial charge in [-0.15, -0.1) is 0 Å². The Balaban J connectivity index is 1.09. The Morgan fingerprint density at radius 2 is 1.92 bits per heavy atom. The quantitative estimate of drug-likeness (QED) is 0.203. The zero-order chi connectivity index (χ0) is 33.4. The maximum absolute atomic E-state index is 16.1. The minimum Gasteiger partial charge on any atom is -0.384 e. The number of ether oxygens (including phenoxy) is 3. The number of anilines is 2. The molecule has 8 heterocycles. The van der Waals surface area contributed by atoms with Gasteiger partial charge in [0.25, 0.3) is 7.47 Å². The number of rotatable bonds is 3. The van der Waals surface area contributed by atoms with E-state index in [9.17, 15) is 9.46 Å². The van der Waals surface area contributed by atoms with Gasteiger partial charge in [0.1, 0.15) is 42.4 Å². The first-order valence-electron chi connectivity index (χ1n) is 14.9. The molecule has 0 aromatic carbocycles. The molecule has 0 aliphatic carbocycles. The minimum atomic E-state index is -4.49. The Bertz CT molecular complexity index is 1980. The van der Waals surface area contributed by atoms with Crippen LogP contribution in [0.2, 0.25) is 0 Å². The molecule has 0 amide bonds. The Hall–Kier alpha value is -2.68. The van der Waals surface area contributed by atoms with Crippen LogP contribution in [-0.2, 0) is 55.1 Å². The van der Waals surface area contributed by atoms with E-state index in [1.54, 1.807) is 10.9 Å². The van der Waals surface area contributed by atoms with Crippen molar-refractivity contribution in [2.45, 2.75) is 62.0 Å². The van der Waals surface area contributed by atoms with Crippen molar-refractivity contribution in [2.75, 3.05) is 37.9 Å². The summed E-state index contributed by atoms with van der Waals surface area (Å²) in [6.45, 7) is -4.35. The highest BCUT2D eigenvalue weighted by Crippen LogP contribution is 2.54. The van der Waals surface area contributed by atoms with E-state index in [2.05, 4.69) is 25.3 Å². The summed E-state index contributed by atoms with van der Waals surface area (Å²) in [5, 5.41) is 9.05. The van der Waals surface area contributed by atoms with Gasteiger partial charge >= 0.3 is 6.72 Å². The number of nitrogens with zero attached hydrogens (tertiary/aromatic N) is 7. The second-order valence-corrected chi connectivity index (χ2v) is 15.9. The summed E-state index contributed by atoms with van der Waals surface area (Å²) in [6, 6.07) is 1.87. The largest absolute Gasteiger partial charge is 0.384 e. The van der Waals surface area contributed by atoms with Crippen molar-refractivity contribution in [1.29, 1.82) is 0 Å². The van der Waals surface area contributed by atoms with E-state index in [-0.39, 0.29) is 17.0 Å². The average Bonchev–Trinajstić information content (AvgIpc) is 3.77. The Morgan fingerprint density at radius 1 is 1.12 bits per heavy atom. The maximum atomic E-state index is 16.1. The van der Waals surface area contributed by atoms with Gasteiger partial charge in [0.2, 0.25) is 7.57 Å². The number of hydrogen-bond donors (Lipinski definition) is 3. The fourth-order valence-corrected chi connectivity index (χ4v) is 8.94. The minimum absolute atomic E-state index is 0.0777. The Labute approximate surface area is 277 Å². The highest BCUT2D eigenvalue weighted by Gasteiger charge is 2.54. The monoisotopic (exact) mass is 723 g/mol. The molecule has 3 fully saturated rings. The van der Waals surface area contributed by atoms with Crippen LogP contribution < -0.4 is 11.1 Å². The molecule has 0 saturated carbocycles. The van der Waals surface area contributed by atoms with Crippen LogP contribution in [0, 0.1) is 0 Å². The molecule has 3 saturated heterocycles. The number of halogens is 1. The number of methoxy groups -OCH3 is 1. The van der Waals surface area contributed by atoms with E-state index in [0.29, 0.717) is 12.1 Å². The van der Waals surface area contributed by atoms with Crippen LogP contribution in [0.1, 0.15) is 24.6 Å². The second-order valence-electron chi connectivity index (χ2n) is 11.6. The first-order valence-corrected chi connectivity index (χ1v) is 19.1. The standard InChI is InChI=1S/C25H29BFN9O9P2S/c1-39-20-19-14(43-25(20)36-22-15-11(4-6-30-22)29-5-2-3-12(15)34-36)7-40-46(26,37)44-18-13(8-41-47(38,48)45-19)42-24(16(18)27)35-10-33-17-21(28)31-9-32-23(17)35/h4,6,9-10,13-14,16,18-20,24-25,29H,2-3,5,7-8H2,1H3,(H,38,48)(H2,28,31,32)/t13-,14-,16?,18+,19?,20+,24-,25-,46?,47?/m1/s1. The molecule has 4 aliphatic rings. The van der Waals surface area contributed by atoms with E-state index < -0.39 is 76.6 Å². The van der Waals surface area contributed by atoms with Crippen molar-refractivity contribution < 1.29 is 46.2 Å². The van der Waals surface area contributed by atoms with Crippen molar-refractivity contribution in [1.82, 2.24) is 34.3 Å². The van der Waals surface area contributed by atoms with E-state index in [1.165, 1.54) is 24.3 Å². The maximum Gasteiger partial charge on any atom is 0.325 e. The van der Waals surface area contributed by atoms with Gasteiger partial charge in [-0.3, -0.25) is 13.7 Å². The summed E-state index contributed by atoms with van der Waals surface area (Å²) >= 11 is 5.38.